The van der Waals surface area contributed by atoms with E-state index in [0.29, 0.717) is 5.39 Å². The Morgan fingerprint density at radius 2 is 2.04 bits per heavy atom. The Kier molecular flexibility index (Phi) is 5.64. The lowest BCUT2D eigenvalue weighted by Crippen LogP contribution is -2.35. The SMILES string of the molecule is CC(C)(C)OC(=O)CNC(=O)CCn1cnc2sc3c(c2c1=O)CCCC3. The zero-order valence-electron chi connectivity index (χ0n) is 16.0. The summed E-state index contributed by atoms with van der Waals surface area (Å²) in [7, 11) is 0. The Balaban J connectivity index is 1.62. The summed E-state index contributed by atoms with van der Waals surface area (Å²) < 4.78 is 6.63. The molecule has 2 heterocycles. The molecule has 146 valence electrons. The number of thiophene rings is 1. The van der Waals surface area contributed by atoms with Crippen molar-refractivity contribution in [1.82, 2.24) is 14.9 Å². The number of ether oxygens (including phenoxy) is 1. The fourth-order valence-electron chi connectivity index (χ4n) is 3.20. The molecule has 0 saturated heterocycles. The standard InChI is InChI=1S/C19H25N3O4S/c1-19(2,3)26-15(24)10-20-14(23)8-9-22-11-21-17-16(18(22)25)12-6-4-5-7-13(12)27-17/h11H,4-10H2,1-3H3,(H,20,23). The fourth-order valence-corrected chi connectivity index (χ4v) is 4.42. The number of carbonyl (C=O) groups excluding carboxylic acids is 2. The summed E-state index contributed by atoms with van der Waals surface area (Å²) in [5.74, 6) is -0.791. The molecule has 1 aliphatic carbocycles. The van der Waals surface area contributed by atoms with Crippen molar-refractivity contribution >= 4 is 33.4 Å². The predicted molar refractivity (Wildman–Crippen MR) is 104 cm³/mol. The van der Waals surface area contributed by atoms with Crippen LogP contribution in [0.25, 0.3) is 10.2 Å². The number of aryl methyl sites for hydroxylation is 3. The first kappa shape index (κ1) is 19.5. The summed E-state index contributed by atoms with van der Waals surface area (Å²) in [6.45, 7) is 5.36. The normalized spacial score (nSPS) is 14.0. The third-order valence-corrected chi connectivity index (χ3v) is 5.57. The summed E-state index contributed by atoms with van der Waals surface area (Å²) in [5.41, 5.74) is 0.470. The minimum atomic E-state index is -0.587. The van der Waals surface area contributed by atoms with Gasteiger partial charge in [-0.3, -0.25) is 19.0 Å². The Hall–Kier alpha value is -2.22. The lowest BCUT2D eigenvalue weighted by Gasteiger charge is -2.19. The van der Waals surface area contributed by atoms with E-state index in [1.54, 1.807) is 32.1 Å². The van der Waals surface area contributed by atoms with E-state index in [-0.39, 0.29) is 31.0 Å². The predicted octanol–water partition coefficient (Wildman–Crippen LogP) is 2.18. The van der Waals surface area contributed by atoms with Crippen LogP contribution < -0.4 is 10.9 Å². The van der Waals surface area contributed by atoms with Crippen LogP contribution in [0.1, 0.15) is 50.5 Å². The van der Waals surface area contributed by atoms with Gasteiger partial charge >= 0.3 is 5.97 Å². The highest BCUT2D eigenvalue weighted by atomic mass is 32.1. The van der Waals surface area contributed by atoms with Crippen molar-refractivity contribution in [1.29, 1.82) is 0 Å². The van der Waals surface area contributed by atoms with E-state index in [2.05, 4.69) is 10.3 Å². The molecular formula is C19H25N3O4S. The topological polar surface area (TPSA) is 90.3 Å². The van der Waals surface area contributed by atoms with E-state index in [0.717, 1.165) is 36.1 Å². The van der Waals surface area contributed by atoms with Gasteiger partial charge in [-0.05, 0) is 52.0 Å². The largest absolute Gasteiger partial charge is 0.459 e. The molecule has 2 aromatic heterocycles. The van der Waals surface area contributed by atoms with Gasteiger partial charge in [0.05, 0.1) is 11.7 Å². The fraction of sp³-hybridized carbons (Fsp3) is 0.579. The summed E-state index contributed by atoms with van der Waals surface area (Å²) in [6.07, 6.45) is 5.80. The smallest absolute Gasteiger partial charge is 0.325 e. The number of rotatable bonds is 5. The van der Waals surface area contributed by atoms with Crippen molar-refractivity contribution in [3.63, 3.8) is 0 Å². The number of hydrogen-bond donors (Lipinski definition) is 1. The van der Waals surface area contributed by atoms with Crippen LogP contribution in [0.2, 0.25) is 0 Å². The molecule has 0 bridgehead atoms. The molecule has 0 fully saturated rings. The van der Waals surface area contributed by atoms with Crippen molar-refractivity contribution in [2.75, 3.05) is 6.54 Å². The minimum absolute atomic E-state index is 0.0839. The van der Waals surface area contributed by atoms with E-state index in [9.17, 15) is 14.4 Å². The van der Waals surface area contributed by atoms with Crippen LogP contribution in [-0.2, 0) is 33.7 Å². The Labute approximate surface area is 161 Å². The summed E-state index contributed by atoms with van der Waals surface area (Å²) in [6, 6.07) is 0. The van der Waals surface area contributed by atoms with E-state index in [4.69, 9.17) is 4.74 Å². The number of nitrogens with zero attached hydrogens (tertiary/aromatic N) is 2. The van der Waals surface area contributed by atoms with E-state index in [1.807, 2.05) is 0 Å². The molecule has 7 nitrogen and oxygen atoms in total. The van der Waals surface area contributed by atoms with Gasteiger partial charge in [0.2, 0.25) is 5.91 Å². The molecule has 27 heavy (non-hydrogen) atoms. The van der Waals surface area contributed by atoms with Gasteiger partial charge in [-0.15, -0.1) is 11.3 Å². The van der Waals surface area contributed by atoms with Crippen LogP contribution in [-0.4, -0.2) is 33.6 Å². The van der Waals surface area contributed by atoms with Crippen LogP contribution in [0.5, 0.6) is 0 Å². The van der Waals surface area contributed by atoms with E-state index >= 15 is 0 Å². The molecule has 1 amide bonds. The Morgan fingerprint density at radius 1 is 1.30 bits per heavy atom. The van der Waals surface area contributed by atoms with E-state index in [1.165, 1.54) is 15.8 Å². The summed E-state index contributed by atoms with van der Waals surface area (Å²) in [4.78, 5) is 42.9. The number of carbonyl (C=O) groups is 2. The lowest BCUT2D eigenvalue weighted by molar-refractivity contribution is -0.154. The first-order valence-electron chi connectivity index (χ1n) is 9.23. The molecule has 0 radical (unpaired) electrons. The third-order valence-electron chi connectivity index (χ3n) is 4.37. The highest BCUT2D eigenvalue weighted by Gasteiger charge is 2.20. The third kappa shape index (κ3) is 4.74. The molecule has 0 spiro atoms. The van der Waals surface area contributed by atoms with Crippen LogP contribution >= 0.6 is 11.3 Å². The molecule has 8 heteroatoms. The number of hydrogen-bond acceptors (Lipinski definition) is 6. The van der Waals surface area contributed by atoms with Crippen LogP contribution in [0.15, 0.2) is 11.1 Å². The maximum atomic E-state index is 12.8. The van der Waals surface area contributed by atoms with Gasteiger partial charge < -0.3 is 10.1 Å². The second-order valence-corrected chi connectivity index (χ2v) is 8.83. The molecule has 0 aliphatic heterocycles. The molecule has 2 aromatic rings. The lowest BCUT2D eigenvalue weighted by atomic mass is 9.97. The van der Waals surface area contributed by atoms with Gasteiger partial charge in [-0.25, -0.2) is 4.98 Å². The van der Waals surface area contributed by atoms with Crippen molar-refractivity contribution in [3.05, 3.63) is 27.1 Å². The molecular weight excluding hydrogens is 366 g/mol. The van der Waals surface area contributed by atoms with Crippen molar-refractivity contribution in [2.24, 2.45) is 0 Å². The molecule has 0 unspecified atom stereocenters. The monoisotopic (exact) mass is 391 g/mol. The number of esters is 1. The second kappa shape index (κ2) is 7.80. The maximum Gasteiger partial charge on any atom is 0.325 e. The average Bonchev–Trinajstić information content (AvgIpc) is 2.97. The minimum Gasteiger partial charge on any atom is -0.459 e. The van der Waals surface area contributed by atoms with Gasteiger partial charge in [0, 0.05) is 17.8 Å². The van der Waals surface area contributed by atoms with Gasteiger partial charge in [-0.2, -0.15) is 0 Å². The van der Waals surface area contributed by atoms with Gasteiger partial charge in [-0.1, -0.05) is 0 Å². The molecule has 3 rings (SSSR count). The zero-order chi connectivity index (χ0) is 19.6. The van der Waals surface area contributed by atoms with Gasteiger partial charge in [0.25, 0.3) is 5.56 Å². The molecule has 0 atom stereocenters. The zero-order valence-corrected chi connectivity index (χ0v) is 16.8. The molecule has 1 N–H and O–H groups in total. The first-order valence-corrected chi connectivity index (χ1v) is 10.0. The van der Waals surface area contributed by atoms with Gasteiger partial charge in [0.1, 0.15) is 17.0 Å². The van der Waals surface area contributed by atoms with Crippen molar-refractivity contribution in [2.45, 2.75) is 65.0 Å². The second-order valence-electron chi connectivity index (χ2n) is 7.75. The number of amides is 1. The number of fused-ring (bicyclic) bond motifs is 3. The Bertz CT molecular complexity index is 923. The molecule has 0 aromatic carbocycles. The highest BCUT2D eigenvalue weighted by Crippen LogP contribution is 2.33. The van der Waals surface area contributed by atoms with Crippen LogP contribution in [0.4, 0.5) is 0 Å². The quantitative estimate of drug-likeness (QED) is 0.789. The maximum absolute atomic E-state index is 12.8. The van der Waals surface area contributed by atoms with Crippen LogP contribution in [0, 0.1) is 0 Å². The number of aromatic nitrogens is 2. The molecule has 0 saturated carbocycles. The average molecular weight is 391 g/mol. The summed E-state index contributed by atoms with van der Waals surface area (Å²) in [5, 5.41) is 3.24. The summed E-state index contributed by atoms with van der Waals surface area (Å²) >= 11 is 1.61. The van der Waals surface area contributed by atoms with E-state index < -0.39 is 11.6 Å². The molecule has 1 aliphatic rings. The van der Waals surface area contributed by atoms with Crippen LogP contribution in [0.3, 0.4) is 0 Å². The van der Waals surface area contributed by atoms with Gasteiger partial charge in [0.15, 0.2) is 0 Å². The Morgan fingerprint density at radius 3 is 2.78 bits per heavy atom. The first-order chi connectivity index (χ1) is 12.7. The highest BCUT2D eigenvalue weighted by molar-refractivity contribution is 7.18. The van der Waals surface area contributed by atoms with Crippen molar-refractivity contribution < 1.29 is 14.3 Å². The number of nitrogens with one attached hydrogen (secondary N) is 1. The van der Waals surface area contributed by atoms with Crippen molar-refractivity contribution in [3.8, 4) is 0 Å².